The van der Waals surface area contributed by atoms with Gasteiger partial charge in [-0.1, -0.05) is 23.7 Å². The molecule has 2 rings (SSSR count). The summed E-state index contributed by atoms with van der Waals surface area (Å²) in [4.78, 5) is 7.97. The van der Waals surface area contributed by atoms with Crippen LogP contribution < -0.4 is 15.8 Å². The molecule has 0 unspecified atom stereocenters. The van der Waals surface area contributed by atoms with Crippen LogP contribution in [0.1, 0.15) is 5.56 Å². The Balaban J connectivity index is 2.05. The Labute approximate surface area is 110 Å². The molecule has 0 aliphatic heterocycles. The van der Waals surface area contributed by atoms with Gasteiger partial charge >= 0.3 is 0 Å². The second-order valence-corrected chi connectivity index (χ2v) is 4.05. The lowest BCUT2D eigenvalue weighted by Gasteiger charge is -2.07. The van der Waals surface area contributed by atoms with Crippen molar-refractivity contribution in [2.75, 3.05) is 18.1 Å². The Bertz CT molecular complexity index is 530. The molecule has 3 N–H and O–H groups in total. The largest absolute Gasteiger partial charge is 0.473 e. The molecular weight excluding hydrogens is 252 g/mol. The van der Waals surface area contributed by atoms with E-state index in [1.807, 2.05) is 24.3 Å². The molecule has 0 spiro atoms. The van der Waals surface area contributed by atoms with Gasteiger partial charge in [0.15, 0.2) is 0 Å². The van der Waals surface area contributed by atoms with E-state index >= 15 is 0 Å². The van der Waals surface area contributed by atoms with E-state index in [4.69, 9.17) is 22.1 Å². The predicted octanol–water partition coefficient (Wildman–Crippen LogP) is 2.33. The molecule has 0 atom stereocenters. The van der Waals surface area contributed by atoms with Crippen molar-refractivity contribution in [2.24, 2.45) is 0 Å². The van der Waals surface area contributed by atoms with Crippen LogP contribution in [-0.4, -0.2) is 17.0 Å². The van der Waals surface area contributed by atoms with Crippen LogP contribution in [-0.2, 0) is 6.61 Å². The number of nitrogen functional groups attached to an aromatic ring is 1. The fraction of sp³-hybridized carbons (Fsp3) is 0.167. The van der Waals surface area contributed by atoms with Crippen molar-refractivity contribution < 1.29 is 4.74 Å². The van der Waals surface area contributed by atoms with Gasteiger partial charge in [-0.25, -0.2) is 0 Å². The van der Waals surface area contributed by atoms with Gasteiger partial charge in [-0.15, -0.1) is 0 Å². The molecule has 1 aromatic heterocycles. The summed E-state index contributed by atoms with van der Waals surface area (Å²) in [5.74, 6) is 1.23. The molecule has 0 bridgehead atoms. The van der Waals surface area contributed by atoms with E-state index in [9.17, 15) is 0 Å². The quantitative estimate of drug-likeness (QED) is 0.887. The van der Waals surface area contributed by atoms with Crippen LogP contribution in [0.5, 0.6) is 5.88 Å². The van der Waals surface area contributed by atoms with E-state index in [0.29, 0.717) is 23.3 Å². The maximum absolute atomic E-state index is 5.80. The summed E-state index contributed by atoms with van der Waals surface area (Å²) in [6, 6.07) is 9.10. The summed E-state index contributed by atoms with van der Waals surface area (Å²) in [7, 11) is 1.75. The number of aromatic nitrogens is 2. The van der Waals surface area contributed by atoms with E-state index in [-0.39, 0.29) is 5.95 Å². The third kappa shape index (κ3) is 3.24. The van der Waals surface area contributed by atoms with E-state index in [2.05, 4.69) is 15.3 Å². The van der Waals surface area contributed by atoms with Gasteiger partial charge < -0.3 is 15.8 Å². The highest BCUT2D eigenvalue weighted by Crippen LogP contribution is 2.16. The Hall–Kier alpha value is -2.01. The average molecular weight is 265 g/mol. The molecular formula is C12H13ClN4O. The molecule has 0 aliphatic carbocycles. The van der Waals surface area contributed by atoms with Crippen LogP contribution in [0.3, 0.4) is 0 Å². The van der Waals surface area contributed by atoms with Gasteiger partial charge in [-0.3, -0.25) is 0 Å². The summed E-state index contributed by atoms with van der Waals surface area (Å²) in [5.41, 5.74) is 6.57. The van der Waals surface area contributed by atoms with Crippen LogP contribution in [0.2, 0.25) is 5.02 Å². The Morgan fingerprint density at radius 2 is 2.00 bits per heavy atom. The van der Waals surface area contributed by atoms with Crippen molar-refractivity contribution in [3.63, 3.8) is 0 Å². The first kappa shape index (κ1) is 12.4. The number of nitrogens with zero attached hydrogens (tertiary/aromatic N) is 2. The number of nitrogens with two attached hydrogens (primary N) is 1. The number of benzene rings is 1. The Morgan fingerprint density at radius 3 is 2.67 bits per heavy atom. The zero-order chi connectivity index (χ0) is 13.0. The first-order valence-electron chi connectivity index (χ1n) is 5.37. The van der Waals surface area contributed by atoms with Crippen LogP contribution in [0.15, 0.2) is 30.3 Å². The zero-order valence-electron chi connectivity index (χ0n) is 9.85. The lowest BCUT2D eigenvalue weighted by Crippen LogP contribution is -2.03. The van der Waals surface area contributed by atoms with Crippen molar-refractivity contribution >= 4 is 23.4 Å². The third-order valence-corrected chi connectivity index (χ3v) is 2.53. The lowest BCUT2D eigenvalue weighted by molar-refractivity contribution is 0.294. The first-order valence-corrected chi connectivity index (χ1v) is 5.75. The van der Waals surface area contributed by atoms with Crippen molar-refractivity contribution in [1.82, 2.24) is 9.97 Å². The first-order chi connectivity index (χ1) is 8.67. The smallest absolute Gasteiger partial charge is 0.225 e. The minimum atomic E-state index is 0.174. The van der Waals surface area contributed by atoms with E-state index in [1.54, 1.807) is 13.1 Å². The van der Waals surface area contributed by atoms with Crippen molar-refractivity contribution in [2.45, 2.75) is 6.61 Å². The molecule has 0 radical (unpaired) electrons. The number of ether oxygens (including phenoxy) is 1. The second kappa shape index (κ2) is 5.55. The molecule has 0 aliphatic rings. The van der Waals surface area contributed by atoms with Crippen LogP contribution in [0, 0.1) is 0 Å². The van der Waals surface area contributed by atoms with Crippen LogP contribution in [0.25, 0.3) is 0 Å². The number of anilines is 2. The summed E-state index contributed by atoms with van der Waals surface area (Å²) in [5, 5.41) is 3.58. The Kier molecular flexibility index (Phi) is 3.84. The molecule has 0 saturated carbocycles. The molecule has 5 nitrogen and oxygen atoms in total. The van der Waals surface area contributed by atoms with Gasteiger partial charge in [0.1, 0.15) is 12.4 Å². The summed E-state index contributed by atoms with van der Waals surface area (Å²) in [6.45, 7) is 0.400. The third-order valence-electron chi connectivity index (χ3n) is 2.28. The number of hydrogen-bond acceptors (Lipinski definition) is 5. The predicted molar refractivity (Wildman–Crippen MR) is 71.8 cm³/mol. The van der Waals surface area contributed by atoms with Gasteiger partial charge in [0, 0.05) is 18.1 Å². The van der Waals surface area contributed by atoms with E-state index in [0.717, 1.165) is 5.56 Å². The van der Waals surface area contributed by atoms with Gasteiger partial charge in [-0.2, -0.15) is 9.97 Å². The Morgan fingerprint density at radius 1 is 1.28 bits per heavy atom. The molecule has 6 heteroatoms. The molecule has 0 fully saturated rings. The SMILES string of the molecule is CNc1cc(OCc2ccc(Cl)cc2)nc(N)n1. The van der Waals surface area contributed by atoms with Crippen molar-refractivity contribution in [3.8, 4) is 5.88 Å². The summed E-state index contributed by atoms with van der Waals surface area (Å²) >= 11 is 5.80. The molecule has 2 aromatic rings. The molecule has 1 aromatic carbocycles. The molecule has 94 valence electrons. The molecule has 0 amide bonds. The zero-order valence-corrected chi connectivity index (χ0v) is 10.6. The van der Waals surface area contributed by atoms with Crippen molar-refractivity contribution in [1.29, 1.82) is 0 Å². The number of hydrogen-bond donors (Lipinski definition) is 2. The van der Waals surface area contributed by atoms with Gasteiger partial charge in [0.25, 0.3) is 0 Å². The minimum absolute atomic E-state index is 0.174. The highest BCUT2D eigenvalue weighted by molar-refractivity contribution is 6.30. The van der Waals surface area contributed by atoms with Crippen LogP contribution in [0.4, 0.5) is 11.8 Å². The maximum atomic E-state index is 5.80. The average Bonchev–Trinajstić information content (AvgIpc) is 2.37. The monoisotopic (exact) mass is 264 g/mol. The highest BCUT2D eigenvalue weighted by atomic mass is 35.5. The summed E-state index contributed by atoms with van der Waals surface area (Å²) < 4.78 is 5.54. The second-order valence-electron chi connectivity index (χ2n) is 3.61. The minimum Gasteiger partial charge on any atom is -0.473 e. The van der Waals surface area contributed by atoms with E-state index in [1.165, 1.54) is 0 Å². The van der Waals surface area contributed by atoms with Crippen LogP contribution >= 0.6 is 11.6 Å². The molecule has 18 heavy (non-hydrogen) atoms. The lowest BCUT2D eigenvalue weighted by atomic mass is 10.2. The molecule has 1 heterocycles. The topological polar surface area (TPSA) is 73.1 Å². The van der Waals surface area contributed by atoms with Gasteiger partial charge in [-0.05, 0) is 17.7 Å². The highest BCUT2D eigenvalue weighted by Gasteiger charge is 2.02. The standard InChI is InChI=1S/C12H13ClN4O/c1-15-10-6-11(17-12(14)16-10)18-7-8-2-4-9(13)5-3-8/h2-6H,7H2,1H3,(H3,14,15,16,17). The number of rotatable bonds is 4. The van der Waals surface area contributed by atoms with Gasteiger partial charge in [0.2, 0.25) is 11.8 Å². The molecule has 0 saturated heterocycles. The fourth-order valence-corrected chi connectivity index (χ4v) is 1.51. The van der Waals surface area contributed by atoms with E-state index < -0.39 is 0 Å². The number of halogens is 1. The normalized spacial score (nSPS) is 10.1. The maximum Gasteiger partial charge on any atom is 0.225 e. The van der Waals surface area contributed by atoms with Crippen molar-refractivity contribution in [3.05, 3.63) is 40.9 Å². The number of nitrogens with one attached hydrogen (secondary N) is 1. The van der Waals surface area contributed by atoms with Gasteiger partial charge in [0.05, 0.1) is 0 Å². The summed E-state index contributed by atoms with van der Waals surface area (Å²) in [6.07, 6.45) is 0. The fourth-order valence-electron chi connectivity index (χ4n) is 1.38.